The molecule has 0 fully saturated rings. The zero-order valence-electron chi connectivity index (χ0n) is 32.5. The third-order valence-electron chi connectivity index (χ3n) is 12.3. The lowest BCUT2D eigenvalue weighted by atomic mass is 9.70. The highest BCUT2D eigenvalue weighted by Gasteiger charge is 2.52. The van der Waals surface area contributed by atoms with Crippen molar-refractivity contribution in [3.05, 3.63) is 239 Å². The van der Waals surface area contributed by atoms with Crippen LogP contribution in [0.3, 0.4) is 0 Å². The average molecular weight is 787 g/mol. The van der Waals surface area contributed by atoms with Crippen LogP contribution >= 0.6 is 0 Å². The van der Waals surface area contributed by atoms with Gasteiger partial charge < -0.3 is 9.80 Å². The van der Waals surface area contributed by atoms with Crippen molar-refractivity contribution in [3.8, 4) is 34.4 Å². The number of benzene rings is 9. The molecular formula is C55H32F2N4. The van der Waals surface area contributed by atoms with E-state index in [9.17, 15) is 10.5 Å². The van der Waals surface area contributed by atoms with Gasteiger partial charge in [0.25, 0.3) is 0 Å². The van der Waals surface area contributed by atoms with Gasteiger partial charge >= 0.3 is 0 Å². The summed E-state index contributed by atoms with van der Waals surface area (Å²) in [6.45, 7) is 0. The minimum absolute atomic E-state index is 0.374. The van der Waals surface area contributed by atoms with Gasteiger partial charge in [0.15, 0.2) is 0 Å². The minimum Gasteiger partial charge on any atom is -0.308 e. The molecule has 2 aliphatic carbocycles. The first-order valence-electron chi connectivity index (χ1n) is 20.0. The molecule has 0 heterocycles. The van der Waals surface area contributed by atoms with Crippen molar-refractivity contribution in [2.75, 3.05) is 9.80 Å². The smallest absolute Gasteiger partial charge is 0.147 e. The molecule has 0 aromatic heterocycles. The summed E-state index contributed by atoms with van der Waals surface area (Å²) in [6.07, 6.45) is 0. The Kier molecular flexibility index (Phi) is 8.17. The van der Waals surface area contributed by atoms with Crippen LogP contribution in [0.25, 0.3) is 33.0 Å². The molecule has 11 rings (SSSR count). The normalized spacial score (nSPS) is 12.5. The van der Waals surface area contributed by atoms with Crippen LogP contribution < -0.4 is 9.80 Å². The molecule has 4 nitrogen and oxygen atoms in total. The van der Waals surface area contributed by atoms with Crippen molar-refractivity contribution >= 4 is 44.9 Å². The van der Waals surface area contributed by atoms with Crippen molar-refractivity contribution in [3.63, 3.8) is 0 Å². The van der Waals surface area contributed by atoms with Crippen molar-refractivity contribution in [2.45, 2.75) is 5.41 Å². The van der Waals surface area contributed by atoms with Gasteiger partial charge in [-0.15, -0.1) is 0 Å². The fourth-order valence-corrected chi connectivity index (χ4v) is 9.76. The Morgan fingerprint density at radius 1 is 0.377 bits per heavy atom. The Morgan fingerprint density at radius 2 is 0.852 bits per heavy atom. The Balaban J connectivity index is 1.26. The van der Waals surface area contributed by atoms with Gasteiger partial charge in [0.05, 0.1) is 45.7 Å². The predicted molar refractivity (Wildman–Crippen MR) is 239 cm³/mol. The van der Waals surface area contributed by atoms with E-state index in [1.54, 1.807) is 48.5 Å². The lowest BCUT2D eigenvalue weighted by molar-refractivity contribution is 0.628. The van der Waals surface area contributed by atoms with E-state index >= 15 is 8.78 Å². The van der Waals surface area contributed by atoms with Gasteiger partial charge in [-0.2, -0.15) is 10.5 Å². The number of hydrogen-bond donors (Lipinski definition) is 0. The maximum atomic E-state index is 16.3. The number of halogens is 2. The molecule has 9 aromatic carbocycles. The SMILES string of the molecule is N#Cc1ccc(N(c2ccc3c(c2)C2(c4ccccc4-c4ccccc42)c2cc(N(c4ccc(C#N)cc4)c4ccccc4F)c4ccccc4c2-3)c2ccccc2F)cc1. The Morgan fingerprint density at radius 3 is 1.43 bits per heavy atom. The Hall–Kier alpha value is -8.32. The maximum absolute atomic E-state index is 16.3. The standard InChI is InChI=1S/C55H32F2N4/c56-49-17-7-9-19-51(49)60(37-25-21-35(33-58)22-26-37)39-29-30-44-47(31-39)55(45-15-5-3-11-40(45)41-12-4-6-16-46(41)55)48-32-53(42-13-1-2-14-43(42)54(44)48)61(52-20-10-8-18-50(52)57)38-27-23-36(34-59)24-28-38/h1-32H. The summed E-state index contributed by atoms with van der Waals surface area (Å²) in [7, 11) is 0. The van der Waals surface area contributed by atoms with Crippen molar-refractivity contribution < 1.29 is 8.78 Å². The van der Waals surface area contributed by atoms with Crippen molar-refractivity contribution in [1.82, 2.24) is 0 Å². The van der Waals surface area contributed by atoms with Crippen LogP contribution in [0.5, 0.6) is 0 Å². The summed E-state index contributed by atoms with van der Waals surface area (Å²) < 4.78 is 32.3. The lowest BCUT2D eigenvalue weighted by Gasteiger charge is -2.34. The third kappa shape index (κ3) is 5.26. The fraction of sp³-hybridized carbons (Fsp3) is 0.0182. The molecule has 9 aromatic rings. The molecule has 2 aliphatic rings. The molecule has 0 atom stereocenters. The molecule has 0 N–H and O–H groups in total. The summed E-state index contributed by atoms with van der Waals surface area (Å²) in [5.41, 5.74) is 12.5. The van der Waals surface area contributed by atoms with Crippen molar-refractivity contribution in [1.29, 1.82) is 10.5 Å². The highest BCUT2D eigenvalue weighted by molar-refractivity contribution is 6.12. The van der Waals surface area contributed by atoms with E-state index in [0.29, 0.717) is 33.9 Å². The predicted octanol–water partition coefficient (Wildman–Crippen LogP) is 14.1. The Labute approximate surface area is 351 Å². The lowest BCUT2D eigenvalue weighted by Crippen LogP contribution is -2.26. The minimum atomic E-state index is -0.843. The molecule has 61 heavy (non-hydrogen) atoms. The van der Waals surface area contributed by atoms with Gasteiger partial charge in [0.2, 0.25) is 0 Å². The highest BCUT2D eigenvalue weighted by atomic mass is 19.1. The zero-order valence-corrected chi connectivity index (χ0v) is 32.5. The Bertz CT molecular complexity index is 3280. The highest BCUT2D eigenvalue weighted by Crippen LogP contribution is 2.65. The van der Waals surface area contributed by atoms with Crippen LogP contribution in [-0.4, -0.2) is 0 Å². The van der Waals surface area contributed by atoms with E-state index in [-0.39, 0.29) is 11.6 Å². The molecule has 0 amide bonds. The van der Waals surface area contributed by atoms with Crippen LogP contribution in [0.2, 0.25) is 0 Å². The van der Waals surface area contributed by atoms with E-state index in [4.69, 9.17) is 0 Å². The van der Waals surface area contributed by atoms with Gasteiger partial charge in [-0.05, 0) is 141 Å². The van der Waals surface area contributed by atoms with E-state index in [2.05, 4.69) is 91.0 Å². The van der Waals surface area contributed by atoms with Gasteiger partial charge in [-0.1, -0.05) is 103 Å². The zero-order chi connectivity index (χ0) is 41.2. The molecule has 1 spiro atoms. The number of nitrogens with zero attached hydrogens (tertiary/aromatic N) is 4. The summed E-state index contributed by atoms with van der Waals surface area (Å²) in [4.78, 5) is 3.87. The number of hydrogen-bond acceptors (Lipinski definition) is 4. The number of rotatable bonds is 6. The molecule has 0 aliphatic heterocycles. The molecule has 0 saturated carbocycles. The number of anilines is 6. The quantitative estimate of drug-likeness (QED) is 0.168. The second-order valence-electron chi connectivity index (χ2n) is 15.3. The summed E-state index contributed by atoms with van der Waals surface area (Å²) in [5.74, 6) is -0.764. The van der Waals surface area contributed by atoms with Crippen LogP contribution in [0.4, 0.5) is 42.9 Å². The first kappa shape index (κ1) is 35.8. The molecule has 6 heteroatoms. The largest absolute Gasteiger partial charge is 0.308 e. The third-order valence-corrected chi connectivity index (χ3v) is 12.3. The topological polar surface area (TPSA) is 54.1 Å². The van der Waals surface area contributed by atoms with Crippen LogP contribution in [0, 0.1) is 34.3 Å². The average Bonchev–Trinajstić information content (AvgIpc) is 3.78. The number of para-hydroxylation sites is 2. The van der Waals surface area contributed by atoms with Crippen LogP contribution in [0.1, 0.15) is 33.4 Å². The monoisotopic (exact) mass is 786 g/mol. The van der Waals surface area contributed by atoms with Gasteiger partial charge in [-0.25, -0.2) is 8.78 Å². The van der Waals surface area contributed by atoms with E-state index < -0.39 is 5.41 Å². The van der Waals surface area contributed by atoms with E-state index in [0.717, 1.165) is 66.7 Å². The summed E-state index contributed by atoms with van der Waals surface area (Å²) >= 11 is 0. The molecule has 0 unspecified atom stereocenters. The van der Waals surface area contributed by atoms with Gasteiger partial charge in [-0.3, -0.25) is 0 Å². The second-order valence-corrected chi connectivity index (χ2v) is 15.3. The number of fused-ring (bicyclic) bond motifs is 12. The fourth-order valence-electron chi connectivity index (χ4n) is 9.76. The van der Waals surface area contributed by atoms with Crippen molar-refractivity contribution in [2.24, 2.45) is 0 Å². The molecule has 0 saturated heterocycles. The second kappa shape index (κ2) is 13.9. The number of nitriles is 2. The molecular weight excluding hydrogens is 755 g/mol. The first-order valence-corrected chi connectivity index (χ1v) is 20.0. The summed E-state index contributed by atoms with van der Waals surface area (Å²) in [6, 6.07) is 66.4. The van der Waals surface area contributed by atoms with E-state index in [1.807, 2.05) is 64.4 Å². The molecule has 286 valence electrons. The maximum Gasteiger partial charge on any atom is 0.147 e. The molecule has 0 bridgehead atoms. The van der Waals surface area contributed by atoms with Crippen LogP contribution in [-0.2, 0) is 5.41 Å². The van der Waals surface area contributed by atoms with Gasteiger partial charge in [0.1, 0.15) is 11.6 Å². The summed E-state index contributed by atoms with van der Waals surface area (Å²) in [5, 5.41) is 21.3. The molecule has 0 radical (unpaired) electrons. The van der Waals surface area contributed by atoms with E-state index in [1.165, 1.54) is 12.1 Å². The van der Waals surface area contributed by atoms with Gasteiger partial charge in [0, 0.05) is 22.4 Å². The first-order chi connectivity index (χ1) is 30.0. The van der Waals surface area contributed by atoms with Crippen LogP contribution in [0.15, 0.2) is 194 Å².